The molecule has 0 bridgehead atoms. The third-order valence-corrected chi connectivity index (χ3v) is 3.76. The minimum Gasteiger partial charge on any atom is -0.459 e. The van der Waals surface area contributed by atoms with E-state index in [1.165, 1.54) is 0 Å². The highest BCUT2D eigenvalue weighted by Gasteiger charge is 2.35. The quantitative estimate of drug-likeness (QED) is 0.578. The van der Waals surface area contributed by atoms with E-state index in [4.69, 9.17) is 16.3 Å². The van der Waals surface area contributed by atoms with E-state index in [-0.39, 0.29) is 25.8 Å². The number of ether oxygens (including phenoxy) is 1. The van der Waals surface area contributed by atoms with Gasteiger partial charge in [-0.15, -0.1) is 0 Å². The van der Waals surface area contributed by atoms with Gasteiger partial charge in [-0.1, -0.05) is 11.6 Å². The Hall–Kier alpha value is -2.62. The first-order valence-corrected chi connectivity index (χ1v) is 7.83. The molecule has 1 heterocycles. The Morgan fingerprint density at radius 3 is 2.30 bits per heavy atom. The van der Waals surface area contributed by atoms with Crippen LogP contribution in [0, 0.1) is 5.82 Å². The summed E-state index contributed by atoms with van der Waals surface area (Å²) in [6.45, 7) is 3.10. The van der Waals surface area contributed by atoms with Crippen molar-refractivity contribution in [3.8, 4) is 5.69 Å². The van der Waals surface area contributed by atoms with Gasteiger partial charge in [0.05, 0.1) is 22.4 Å². The largest absolute Gasteiger partial charge is 0.459 e. The average Bonchev–Trinajstić information content (AvgIpc) is 2.50. The van der Waals surface area contributed by atoms with Crippen LogP contribution in [-0.4, -0.2) is 21.2 Å². The van der Waals surface area contributed by atoms with Gasteiger partial charge in [0, 0.05) is 13.1 Å². The van der Waals surface area contributed by atoms with E-state index in [1.54, 1.807) is 13.8 Å². The summed E-state index contributed by atoms with van der Waals surface area (Å²) in [5.74, 6) is -2.13. The zero-order valence-corrected chi connectivity index (χ0v) is 15.0. The maximum atomic E-state index is 14.3. The van der Waals surface area contributed by atoms with E-state index in [0.29, 0.717) is 6.07 Å². The van der Waals surface area contributed by atoms with Crippen LogP contribution in [0.3, 0.4) is 0 Å². The third-order valence-electron chi connectivity index (χ3n) is 3.45. The van der Waals surface area contributed by atoms with E-state index in [2.05, 4.69) is 0 Å². The minimum absolute atomic E-state index is 0.154. The van der Waals surface area contributed by atoms with Crippen LogP contribution in [0.2, 0.25) is 5.02 Å². The monoisotopic (exact) mass is 408 g/mol. The van der Waals surface area contributed by atoms with Crippen LogP contribution in [0.5, 0.6) is 0 Å². The molecule has 0 aliphatic rings. The molecule has 0 radical (unpaired) electrons. The summed E-state index contributed by atoms with van der Waals surface area (Å²) in [6.07, 6.45) is -5.50. The van der Waals surface area contributed by atoms with Crippen molar-refractivity contribution in [2.45, 2.75) is 26.1 Å². The fraction of sp³-hybridized carbons (Fsp3) is 0.312. The second-order valence-corrected chi connectivity index (χ2v) is 6.19. The Balaban J connectivity index is 2.76. The highest BCUT2D eigenvalue weighted by molar-refractivity contribution is 6.33. The van der Waals surface area contributed by atoms with Crippen molar-refractivity contribution in [1.29, 1.82) is 0 Å². The number of alkyl halides is 3. The van der Waals surface area contributed by atoms with Crippen LogP contribution in [0.4, 0.5) is 17.6 Å². The summed E-state index contributed by atoms with van der Waals surface area (Å²) < 4.78 is 58.3. The molecule has 0 unspecified atom stereocenters. The van der Waals surface area contributed by atoms with E-state index in [9.17, 15) is 31.9 Å². The van der Waals surface area contributed by atoms with Gasteiger partial charge in [0.25, 0.3) is 5.56 Å². The number of benzene rings is 1. The molecule has 0 saturated heterocycles. The normalized spacial score (nSPS) is 11.7. The van der Waals surface area contributed by atoms with Crippen molar-refractivity contribution in [2.24, 2.45) is 7.05 Å². The lowest BCUT2D eigenvalue weighted by Crippen LogP contribution is -2.41. The molecule has 1 aromatic heterocycles. The van der Waals surface area contributed by atoms with Crippen LogP contribution in [0.15, 0.2) is 27.8 Å². The summed E-state index contributed by atoms with van der Waals surface area (Å²) in [7, 11) is 0.781. The van der Waals surface area contributed by atoms with Gasteiger partial charge >= 0.3 is 17.8 Å². The predicted molar refractivity (Wildman–Crippen MR) is 87.8 cm³/mol. The summed E-state index contributed by atoms with van der Waals surface area (Å²) in [5, 5.41) is -0.348. The number of aromatic nitrogens is 2. The molecule has 0 aliphatic heterocycles. The molecule has 0 amide bonds. The number of halogens is 5. The Labute approximate surface area is 154 Å². The number of hydrogen-bond acceptors (Lipinski definition) is 4. The standard InChI is InChI=1S/C16H13ClF4N2O4/c1-7(2)27-14(25)8-4-11(10(18)5-9(8)17)23-13(24)6-12(16(19,20)21)22(3)15(23)26/h4-7H,1-3H3. The SMILES string of the molecule is CC(C)OC(=O)c1cc(-n2c(=O)cc(C(F)(F)F)n(C)c2=O)c(F)cc1Cl. The molecule has 0 saturated carbocycles. The van der Waals surface area contributed by atoms with Gasteiger partial charge in [-0.2, -0.15) is 13.2 Å². The summed E-state index contributed by atoms with van der Waals surface area (Å²) >= 11 is 5.80. The van der Waals surface area contributed by atoms with Crippen LogP contribution < -0.4 is 11.2 Å². The maximum absolute atomic E-state index is 14.3. The molecule has 0 N–H and O–H groups in total. The summed E-state index contributed by atoms with van der Waals surface area (Å²) in [4.78, 5) is 36.4. The number of hydrogen-bond donors (Lipinski definition) is 0. The Morgan fingerprint density at radius 1 is 1.19 bits per heavy atom. The van der Waals surface area contributed by atoms with E-state index < -0.39 is 46.7 Å². The molecule has 0 atom stereocenters. The second-order valence-electron chi connectivity index (χ2n) is 5.78. The lowest BCUT2D eigenvalue weighted by molar-refractivity contribution is -0.144. The molecule has 146 valence electrons. The topological polar surface area (TPSA) is 70.3 Å². The number of rotatable bonds is 3. The maximum Gasteiger partial charge on any atom is 0.431 e. The second kappa shape index (κ2) is 7.18. The summed E-state index contributed by atoms with van der Waals surface area (Å²) in [5.41, 5.74) is -5.44. The molecule has 2 rings (SSSR count). The number of esters is 1. The zero-order valence-electron chi connectivity index (χ0n) is 14.2. The Morgan fingerprint density at radius 2 is 1.78 bits per heavy atom. The van der Waals surface area contributed by atoms with Crippen molar-refractivity contribution in [3.63, 3.8) is 0 Å². The fourth-order valence-corrected chi connectivity index (χ4v) is 2.49. The average molecular weight is 409 g/mol. The number of nitrogens with zero attached hydrogens (tertiary/aromatic N) is 2. The van der Waals surface area contributed by atoms with Crippen LogP contribution in [-0.2, 0) is 18.0 Å². The highest BCUT2D eigenvalue weighted by atomic mass is 35.5. The van der Waals surface area contributed by atoms with Crippen LogP contribution in [0.25, 0.3) is 5.69 Å². The number of carbonyl (C=O) groups is 1. The summed E-state index contributed by atoms with van der Waals surface area (Å²) in [6, 6.07) is 1.59. The van der Waals surface area contributed by atoms with Gasteiger partial charge in [-0.25, -0.2) is 18.5 Å². The lowest BCUT2D eigenvalue weighted by atomic mass is 10.2. The van der Waals surface area contributed by atoms with Gasteiger partial charge in [0.15, 0.2) is 0 Å². The van der Waals surface area contributed by atoms with Crippen molar-refractivity contribution >= 4 is 17.6 Å². The molecule has 6 nitrogen and oxygen atoms in total. The van der Waals surface area contributed by atoms with Gasteiger partial charge < -0.3 is 4.74 Å². The van der Waals surface area contributed by atoms with Crippen molar-refractivity contribution in [2.75, 3.05) is 0 Å². The van der Waals surface area contributed by atoms with E-state index in [0.717, 1.165) is 13.1 Å². The fourth-order valence-electron chi connectivity index (χ4n) is 2.26. The zero-order chi connectivity index (χ0) is 20.7. The van der Waals surface area contributed by atoms with Gasteiger partial charge in [0.1, 0.15) is 11.5 Å². The molecule has 27 heavy (non-hydrogen) atoms. The molecular formula is C16H13ClF4N2O4. The van der Waals surface area contributed by atoms with Crippen LogP contribution in [0.1, 0.15) is 29.9 Å². The minimum atomic E-state index is -4.96. The first kappa shape index (κ1) is 20.7. The first-order chi connectivity index (χ1) is 12.3. The van der Waals surface area contributed by atoms with Gasteiger partial charge in [-0.05, 0) is 26.0 Å². The molecule has 11 heteroatoms. The molecular weight excluding hydrogens is 396 g/mol. The Bertz CT molecular complexity index is 1020. The van der Waals surface area contributed by atoms with Gasteiger partial charge in [0.2, 0.25) is 0 Å². The lowest BCUT2D eigenvalue weighted by Gasteiger charge is -2.15. The van der Waals surface area contributed by atoms with Crippen molar-refractivity contribution < 1.29 is 27.1 Å². The van der Waals surface area contributed by atoms with Crippen molar-refractivity contribution in [3.05, 3.63) is 61.1 Å². The third kappa shape index (κ3) is 4.05. The van der Waals surface area contributed by atoms with Gasteiger partial charge in [-0.3, -0.25) is 9.36 Å². The molecule has 0 fully saturated rings. The molecule has 1 aromatic carbocycles. The molecule has 2 aromatic rings. The smallest absolute Gasteiger partial charge is 0.431 e. The molecule has 0 aliphatic carbocycles. The van der Waals surface area contributed by atoms with Crippen LogP contribution >= 0.6 is 11.6 Å². The molecule has 0 spiro atoms. The Kier molecular flexibility index (Phi) is 5.50. The predicted octanol–water partition coefficient (Wildman–Crippen LogP) is 2.91. The van der Waals surface area contributed by atoms with E-state index in [1.807, 2.05) is 0 Å². The highest BCUT2D eigenvalue weighted by Crippen LogP contribution is 2.27. The van der Waals surface area contributed by atoms with E-state index >= 15 is 0 Å². The van der Waals surface area contributed by atoms with Crippen molar-refractivity contribution in [1.82, 2.24) is 9.13 Å². The number of carbonyl (C=O) groups excluding carboxylic acids is 1. The first-order valence-electron chi connectivity index (χ1n) is 7.45.